The van der Waals surface area contributed by atoms with Crippen molar-refractivity contribution in [1.29, 1.82) is 0 Å². The molecule has 0 amide bonds. The van der Waals surface area contributed by atoms with Gasteiger partial charge in [-0.15, -0.1) is 0 Å². The Balaban J connectivity index is 1.18. The molecule has 2 aliphatic rings. The van der Waals surface area contributed by atoms with E-state index in [0.717, 1.165) is 39.2 Å². The lowest BCUT2D eigenvalue weighted by atomic mass is 9.69. The van der Waals surface area contributed by atoms with Gasteiger partial charge < -0.3 is 0 Å². The molecule has 59 heavy (non-hydrogen) atoms. The minimum Gasteiger partial charge on any atom is -0.248 e. The summed E-state index contributed by atoms with van der Waals surface area (Å²) in [6, 6.07) is 82.3. The topological polar surface area (TPSA) is 12.9 Å². The predicted molar refractivity (Wildman–Crippen MR) is 245 cm³/mol. The summed E-state index contributed by atoms with van der Waals surface area (Å²) < 4.78 is 0. The highest BCUT2D eigenvalue weighted by Crippen LogP contribution is 2.65. The van der Waals surface area contributed by atoms with Crippen LogP contribution in [0.1, 0.15) is 22.3 Å². The van der Waals surface area contributed by atoms with Gasteiger partial charge in [0.15, 0.2) is 0 Å². The van der Waals surface area contributed by atoms with Crippen LogP contribution in [0.3, 0.4) is 0 Å². The average molecular weight is 748 g/mol. The normalized spacial score (nSPS) is 12.9. The van der Waals surface area contributed by atoms with Crippen molar-refractivity contribution in [3.05, 3.63) is 247 Å². The molecule has 0 saturated carbocycles. The molecule has 10 aromatic rings. The summed E-state index contributed by atoms with van der Waals surface area (Å²) in [5.41, 5.74) is 21.2. The largest absolute Gasteiger partial charge is 0.248 e. The molecule has 0 radical (unpaired) electrons. The second-order valence-corrected chi connectivity index (χ2v) is 15.8. The minimum absolute atomic E-state index is 0.471. The van der Waals surface area contributed by atoms with E-state index in [1.54, 1.807) is 0 Å². The van der Waals surface area contributed by atoms with Gasteiger partial charge in [-0.25, -0.2) is 4.98 Å². The van der Waals surface area contributed by atoms with E-state index in [-0.39, 0.29) is 0 Å². The number of nitrogens with zero attached hydrogens (tertiary/aromatic N) is 1. The fourth-order valence-corrected chi connectivity index (χ4v) is 10.2. The maximum absolute atomic E-state index is 5.50. The van der Waals surface area contributed by atoms with E-state index in [0.29, 0.717) is 0 Å². The van der Waals surface area contributed by atoms with E-state index in [4.69, 9.17) is 4.98 Å². The fourth-order valence-electron chi connectivity index (χ4n) is 10.2. The van der Waals surface area contributed by atoms with Gasteiger partial charge in [0.2, 0.25) is 0 Å². The Labute approximate surface area is 344 Å². The first-order chi connectivity index (χ1) is 29.3. The smallest absolute Gasteiger partial charge is 0.0731 e. The van der Waals surface area contributed by atoms with Gasteiger partial charge in [-0.05, 0) is 125 Å². The van der Waals surface area contributed by atoms with Crippen LogP contribution in [0.4, 0.5) is 0 Å². The molecule has 2 aliphatic carbocycles. The lowest BCUT2D eigenvalue weighted by Crippen LogP contribution is -2.26. The summed E-state index contributed by atoms with van der Waals surface area (Å²) in [6.45, 7) is 0. The number of pyridine rings is 1. The maximum atomic E-state index is 5.50. The fraction of sp³-hybridized carbons (Fsp3) is 0.0172. The van der Waals surface area contributed by atoms with E-state index in [1.807, 2.05) is 0 Å². The Morgan fingerprint density at radius 1 is 0.288 bits per heavy atom. The highest BCUT2D eigenvalue weighted by Gasteiger charge is 2.53. The highest BCUT2D eigenvalue weighted by molar-refractivity contribution is 6.09. The van der Waals surface area contributed by atoms with Gasteiger partial charge in [0.25, 0.3) is 0 Å². The van der Waals surface area contributed by atoms with Crippen LogP contribution >= 0.6 is 0 Å². The zero-order valence-electron chi connectivity index (χ0n) is 32.3. The molecule has 0 bridgehead atoms. The van der Waals surface area contributed by atoms with E-state index in [1.165, 1.54) is 72.0 Å². The summed E-state index contributed by atoms with van der Waals surface area (Å²) in [4.78, 5) is 5.50. The number of fused-ring (bicyclic) bond motifs is 12. The molecule has 9 aromatic carbocycles. The molecule has 12 rings (SSSR count). The number of benzene rings is 9. The lowest BCUT2D eigenvalue weighted by Gasteiger charge is -2.31. The SMILES string of the molecule is c1ccc(-c2cc(-c3ccccc3)cc(-c3cc(-c4cc5ccccc5c5c4-c4ccccc4C54c5ccccc5-c5ccccc54)cc(-c4ccccc4)n3)c2)cc1. The average Bonchev–Trinajstić information content (AvgIpc) is 3.80. The molecular weight excluding hydrogens is 711 g/mol. The minimum atomic E-state index is -0.471. The van der Waals surface area contributed by atoms with Crippen molar-refractivity contribution in [2.75, 3.05) is 0 Å². The molecule has 0 fully saturated rings. The van der Waals surface area contributed by atoms with Crippen LogP contribution in [0.5, 0.6) is 0 Å². The second-order valence-electron chi connectivity index (χ2n) is 15.8. The Morgan fingerprint density at radius 2 is 0.729 bits per heavy atom. The molecule has 1 spiro atoms. The van der Waals surface area contributed by atoms with Crippen LogP contribution in [-0.2, 0) is 5.41 Å². The molecule has 0 saturated heterocycles. The molecule has 1 nitrogen and oxygen atoms in total. The first kappa shape index (κ1) is 33.5. The monoisotopic (exact) mass is 747 g/mol. The second kappa shape index (κ2) is 13.2. The van der Waals surface area contributed by atoms with Crippen molar-refractivity contribution in [2.24, 2.45) is 0 Å². The third kappa shape index (κ3) is 5.08. The maximum Gasteiger partial charge on any atom is 0.0731 e. The van der Waals surface area contributed by atoms with Crippen LogP contribution in [0.15, 0.2) is 224 Å². The third-order valence-electron chi connectivity index (χ3n) is 12.6. The summed E-state index contributed by atoms with van der Waals surface area (Å²) in [6.07, 6.45) is 0. The first-order valence-electron chi connectivity index (χ1n) is 20.5. The van der Waals surface area contributed by atoms with Crippen LogP contribution in [0.2, 0.25) is 0 Å². The Kier molecular flexibility index (Phi) is 7.52. The van der Waals surface area contributed by atoms with Gasteiger partial charge in [-0.3, -0.25) is 0 Å². The van der Waals surface area contributed by atoms with Crippen molar-refractivity contribution >= 4 is 10.8 Å². The zero-order chi connectivity index (χ0) is 38.9. The van der Waals surface area contributed by atoms with E-state index in [9.17, 15) is 0 Å². The summed E-state index contributed by atoms with van der Waals surface area (Å²) >= 11 is 0. The van der Waals surface area contributed by atoms with E-state index in [2.05, 4.69) is 224 Å². The van der Waals surface area contributed by atoms with Gasteiger partial charge in [0.05, 0.1) is 16.8 Å². The van der Waals surface area contributed by atoms with Crippen molar-refractivity contribution in [1.82, 2.24) is 4.98 Å². The Hall–Kier alpha value is -7.61. The summed E-state index contributed by atoms with van der Waals surface area (Å²) in [5.74, 6) is 0. The van der Waals surface area contributed by atoms with Gasteiger partial charge in [-0.2, -0.15) is 0 Å². The van der Waals surface area contributed by atoms with Gasteiger partial charge >= 0.3 is 0 Å². The quantitative estimate of drug-likeness (QED) is 0.171. The standard InChI is InChI=1S/C58H37N/c1-4-18-38(19-5-1)42-32-43(39-20-6-2-7-21-39)34-45(33-42)55-37-44(36-54(59-55)40-22-8-3-9-23-40)50-35-41-24-10-11-25-46(41)57-56(50)49-28-14-17-31-53(49)58(57)51-29-15-12-26-47(51)48-27-13-16-30-52(48)58/h1-37H. The number of aromatic nitrogens is 1. The number of hydrogen-bond donors (Lipinski definition) is 0. The van der Waals surface area contributed by atoms with Crippen molar-refractivity contribution in [3.8, 4) is 78.1 Å². The van der Waals surface area contributed by atoms with Crippen molar-refractivity contribution in [3.63, 3.8) is 0 Å². The molecule has 0 aliphatic heterocycles. The van der Waals surface area contributed by atoms with Crippen LogP contribution in [0, 0.1) is 0 Å². The highest BCUT2D eigenvalue weighted by atomic mass is 14.7. The molecule has 1 aromatic heterocycles. The molecule has 274 valence electrons. The van der Waals surface area contributed by atoms with Gasteiger partial charge in [-0.1, -0.05) is 188 Å². The molecule has 0 N–H and O–H groups in total. The van der Waals surface area contributed by atoms with Crippen LogP contribution in [-0.4, -0.2) is 4.98 Å². The van der Waals surface area contributed by atoms with Crippen molar-refractivity contribution < 1.29 is 0 Å². The number of rotatable bonds is 5. The molecule has 1 heterocycles. The van der Waals surface area contributed by atoms with E-state index < -0.39 is 5.41 Å². The van der Waals surface area contributed by atoms with Crippen LogP contribution < -0.4 is 0 Å². The Morgan fingerprint density at radius 3 is 1.32 bits per heavy atom. The molecule has 0 atom stereocenters. The third-order valence-corrected chi connectivity index (χ3v) is 12.6. The molecule has 1 heteroatoms. The van der Waals surface area contributed by atoms with Crippen LogP contribution in [0.25, 0.3) is 88.9 Å². The zero-order valence-corrected chi connectivity index (χ0v) is 32.3. The van der Waals surface area contributed by atoms with Crippen molar-refractivity contribution in [2.45, 2.75) is 5.41 Å². The summed E-state index contributed by atoms with van der Waals surface area (Å²) in [5, 5.41) is 2.52. The lowest BCUT2D eigenvalue weighted by molar-refractivity contribution is 0.801. The number of hydrogen-bond acceptors (Lipinski definition) is 1. The Bertz CT molecular complexity index is 3150. The van der Waals surface area contributed by atoms with Gasteiger partial charge in [0.1, 0.15) is 0 Å². The van der Waals surface area contributed by atoms with Gasteiger partial charge in [0, 0.05) is 11.1 Å². The predicted octanol–water partition coefficient (Wildman–Crippen LogP) is 14.9. The summed E-state index contributed by atoms with van der Waals surface area (Å²) in [7, 11) is 0. The molecular formula is C58H37N. The first-order valence-corrected chi connectivity index (χ1v) is 20.5. The van der Waals surface area contributed by atoms with E-state index >= 15 is 0 Å². The molecule has 0 unspecified atom stereocenters.